The van der Waals surface area contributed by atoms with Gasteiger partial charge < -0.3 is 18.3 Å². The lowest BCUT2D eigenvalue weighted by molar-refractivity contribution is -0.138. The summed E-state index contributed by atoms with van der Waals surface area (Å²) in [7, 11) is 0. The lowest BCUT2D eigenvalue weighted by Gasteiger charge is -2.24. The molecule has 0 fully saturated rings. The van der Waals surface area contributed by atoms with Crippen LogP contribution in [0, 0.1) is 79.9 Å². The van der Waals surface area contributed by atoms with Gasteiger partial charge in [-0.15, -0.1) is 0 Å². The van der Waals surface area contributed by atoms with E-state index < -0.39 is 46.5 Å². The van der Waals surface area contributed by atoms with Crippen molar-refractivity contribution in [2.45, 2.75) is 73.9 Å². The van der Waals surface area contributed by atoms with Crippen LogP contribution in [0.25, 0.3) is 142 Å². The minimum Gasteiger partial charge on any atom is -0.307 e. The highest BCUT2D eigenvalue weighted by Gasteiger charge is 2.41. The number of hydrogen-bond donors (Lipinski definition) is 0. The molecule has 0 spiro atoms. The lowest BCUT2D eigenvalue weighted by atomic mass is 9.93. The van der Waals surface area contributed by atoms with Gasteiger partial charge >= 0.3 is 18.5 Å². The standard InChI is InChI=1S/C43H29F6N3.C43H29F3N4/c1-23-9-13-28-29-14-10-24(2)18-36(29)51(35(28)17-23)39-22-27(40-32(42(44,45)46)7-6-8-34(40)50-5)21-33(43(47,48)49)41(39)52-37-19-25(3)11-15-30(37)31-16-12-26(4)20-38(31)52;1-24-9-13-30-31-14-10-25(2)18-37(31)49(36(30)17-24)40-22-28(41-34(43(44,45)46)7-6-8-35(41)48-5)21-29(23-47)42(40)50-38-19-26(3)11-15-32(38)33-16-12-27(4)20-39(33)50/h6-22H,1-4H3;6-22H,1-4H3. The third-order valence-corrected chi connectivity index (χ3v) is 19.4. The average Bonchev–Trinajstić information content (AvgIpc) is 1.17. The zero-order chi connectivity index (χ0) is 71.9. The Kier molecular flexibility index (Phi) is 15.4. The molecule has 16 rings (SSSR count). The SMILES string of the molecule is [C-]#[N+]c1cccc(C(F)(F)F)c1-c1cc(-n2c3cc(C)ccc3c3ccc(C)cc32)c(-n2c3cc(C)ccc3c3ccc(C)cc32)c(C(F)(F)F)c1.[C-]#[N+]c1cccc(C(F)(F)F)c1-c1cc(C#N)c(-n2c3cc(C)ccc3c3ccc(C)cc32)c(-n2c3cc(C)ccc3c3ccc(C)cc32)c1. The third-order valence-electron chi connectivity index (χ3n) is 19.4. The molecule has 0 saturated carbocycles. The summed E-state index contributed by atoms with van der Waals surface area (Å²) < 4.78 is 143. The van der Waals surface area contributed by atoms with Crippen molar-refractivity contribution in [2.75, 3.05) is 0 Å². The molecule has 4 heterocycles. The molecule has 12 aromatic carbocycles. The van der Waals surface area contributed by atoms with Crippen LogP contribution in [0.5, 0.6) is 0 Å². The van der Waals surface area contributed by atoms with Gasteiger partial charge in [0.25, 0.3) is 0 Å². The second-order valence-corrected chi connectivity index (χ2v) is 26.5. The fraction of sp³-hybridized carbons (Fsp3) is 0.128. The van der Waals surface area contributed by atoms with E-state index in [0.29, 0.717) is 33.4 Å². The van der Waals surface area contributed by atoms with Crippen LogP contribution < -0.4 is 0 Å². The van der Waals surface area contributed by atoms with Crippen molar-refractivity contribution in [3.8, 4) is 51.1 Å². The highest BCUT2D eigenvalue weighted by atomic mass is 19.4. The molecular formula is C86H58F9N7. The molecule has 0 aliphatic carbocycles. The van der Waals surface area contributed by atoms with Crippen LogP contribution >= 0.6 is 0 Å². The molecule has 0 aliphatic rings. The van der Waals surface area contributed by atoms with Crippen LogP contribution in [0.1, 0.15) is 66.8 Å². The van der Waals surface area contributed by atoms with Crippen LogP contribution in [-0.4, -0.2) is 18.3 Å². The summed E-state index contributed by atoms with van der Waals surface area (Å²) >= 11 is 0. The molecular weight excluding hydrogens is 1300 g/mol. The highest BCUT2D eigenvalue weighted by molar-refractivity contribution is 6.15. The normalized spacial score (nSPS) is 12.1. The van der Waals surface area contributed by atoms with Crippen molar-refractivity contribution in [1.29, 1.82) is 5.26 Å². The van der Waals surface area contributed by atoms with Crippen LogP contribution in [0.15, 0.2) is 206 Å². The summed E-state index contributed by atoms with van der Waals surface area (Å²) in [6.07, 6.45) is -14.7. The van der Waals surface area contributed by atoms with E-state index in [1.54, 1.807) is 15.2 Å². The van der Waals surface area contributed by atoms with Crippen molar-refractivity contribution in [3.05, 3.63) is 296 Å². The van der Waals surface area contributed by atoms with E-state index in [-0.39, 0.29) is 39.3 Å². The maximum atomic E-state index is 15.9. The summed E-state index contributed by atoms with van der Waals surface area (Å²) in [5.41, 5.74) is 9.29. The lowest BCUT2D eigenvalue weighted by Crippen LogP contribution is -2.15. The molecule has 0 bridgehead atoms. The number of benzene rings is 12. The molecule has 0 radical (unpaired) electrons. The first kappa shape index (κ1) is 65.6. The number of rotatable bonds is 6. The number of nitriles is 1. The Balaban J connectivity index is 0.000000165. The molecule has 16 aromatic rings. The monoisotopic (exact) mass is 1360 g/mol. The maximum absolute atomic E-state index is 15.9. The minimum atomic E-state index is -5.04. The molecule has 0 N–H and O–H groups in total. The highest BCUT2D eigenvalue weighted by Crippen LogP contribution is 2.52. The number of alkyl halides is 9. The summed E-state index contributed by atoms with van der Waals surface area (Å²) in [6.45, 7) is 31.1. The van der Waals surface area contributed by atoms with E-state index in [1.807, 2.05) is 140 Å². The molecule has 102 heavy (non-hydrogen) atoms. The Bertz CT molecular complexity index is 6180. The summed E-state index contributed by atoms with van der Waals surface area (Å²) in [4.78, 5) is 6.88. The van der Waals surface area contributed by atoms with Gasteiger partial charge in [0.1, 0.15) is 6.07 Å². The summed E-state index contributed by atoms with van der Waals surface area (Å²) in [6, 6.07) is 62.0. The topological polar surface area (TPSA) is 52.2 Å². The van der Waals surface area contributed by atoms with Crippen molar-refractivity contribution >= 4 is 98.6 Å². The molecule has 7 nitrogen and oxygen atoms in total. The van der Waals surface area contributed by atoms with Gasteiger partial charge in [-0.3, -0.25) is 0 Å². The molecule has 16 heteroatoms. The van der Waals surface area contributed by atoms with E-state index in [0.717, 1.165) is 134 Å². The van der Waals surface area contributed by atoms with Gasteiger partial charge in [-0.2, -0.15) is 44.8 Å². The minimum absolute atomic E-state index is 0.0238. The molecule has 0 aliphatic heterocycles. The molecule has 0 unspecified atom stereocenters. The molecule has 0 amide bonds. The quantitative estimate of drug-likeness (QED) is 0.121. The number of halogens is 9. The fourth-order valence-electron chi connectivity index (χ4n) is 14.9. The Hall–Kier alpha value is -12.3. The van der Waals surface area contributed by atoms with Crippen molar-refractivity contribution in [1.82, 2.24) is 18.3 Å². The van der Waals surface area contributed by atoms with Crippen LogP contribution in [0.2, 0.25) is 0 Å². The first-order valence-electron chi connectivity index (χ1n) is 32.7. The number of aryl methyl sites for hydroxylation is 8. The Labute approximate surface area is 579 Å². The molecule has 0 atom stereocenters. The fourth-order valence-corrected chi connectivity index (χ4v) is 14.9. The van der Waals surface area contributed by atoms with Gasteiger partial charge in [-0.05, 0) is 195 Å². The van der Waals surface area contributed by atoms with Crippen molar-refractivity contribution in [3.63, 3.8) is 0 Å². The summed E-state index contributed by atoms with van der Waals surface area (Å²) in [5.74, 6) is 0. The Morgan fingerprint density at radius 3 is 0.824 bits per heavy atom. The van der Waals surface area contributed by atoms with E-state index in [2.05, 4.69) is 85.6 Å². The van der Waals surface area contributed by atoms with E-state index in [1.165, 1.54) is 30.3 Å². The molecule has 0 saturated heterocycles. The second-order valence-electron chi connectivity index (χ2n) is 26.5. The van der Waals surface area contributed by atoms with Gasteiger partial charge in [-0.25, -0.2) is 9.69 Å². The van der Waals surface area contributed by atoms with Crippen molar-refractivity contribution < 1.29 is 39.5 Å². The Morgan fingerprint density at radius 2 is 0.559 bits per heavy atom. The number of nitrogens with zero attached hydrogens (tertiary/aromatic N) is 7. The zero-order valence-corrected chi connectivity index (χ0v) is 56.2. The van der Waals surface area contributed by atoms with Crippen LogP contribution in [0.3, 0.4) is 0 Å². The van der Waals surface area contributed by atoms with Gasteiger partial charge in [0.2, 0.25) is 0 Å². The second kappa shape index (κ2) is 24.0. The predicted octanol–water partition coefficient (Wildman–Crippen LogP) is 25.6. The van der Waals surface area contributed by atoms with E-state index >= 15 is 13.2 Å². The first-order chi connectivity index (χ1) is 48.6. The number of fused-ring (bicyclic) bond motifs is 12. The Morgan fingerprint density at radius 1 is 0.304 bits per heavy atom. The van der Waals surface area contributed by atoms with Gasteiger partial charge in [0.05, 0.1) is 102 Å². The molecule has 4 aromatic heterocycles. The van der Waals surface area contributed by atoms with Gasteiger partial charge in [0.15, 0.2) is 11.4 Å². The van der Waals surface area contributed by atoms with Crippen LogP contribution in [-0.2, 0) is 18.5 Å². The zero-order valence-electron chi connectivity index (χ0n) is 56.2. The average molecular weight is 1360 g/mol. The van der Waals surface area contributed by atoms with E-state index in [4.69, 9.17) is 13.1 Å². The van der Waals surface area contributed by atoms with Gasteiger partial charge in [-0.1, -0.05) is 133 Å². The smallest absolute Gasteiger partial charge is 0.307 e. The molecule has 500 valence electrons. The third kappa shape index (κ3) is 10.7. The maximum Gasteiger partial charge on any atom is 0.418 e. The van der Waals surface area contributed by atoms with Crippen molar-refractivity contribution in [2.24, 2.45) is 0 Å². The first-order valence-corrected chi connectivity index (χ1v) is 32.7. The predicted molar refractivity (Wildman–Crippen MR) is 391 cm³/mol. The van der Waals surface area contributed by atoms with E-state index in [9.17, 15) is 31.6 Å². The summed E-state index contributed by atoms with van der Waals surface area (Å²) in [5, 5.41) is 17.9. The number of hydrogen-bond acceptors (Lipinski definition) is 1. The largest absolute Gasteiger partial charge is 0.418 e. The van der Waals surface area contributed by atoms with Gasteiger partial charge in [0, 0.05) is 43.1 Å². The van der Waals surface area contributed by atoms with Crippen LogP contribution in [0.4, 0.5) is 50.9 Å². The number of aromatic nitrogens is 4.